The molecule has 0 N–H and O–H groups in total. The molecule has 5 nitrogen and oxygen atoms in total. The van der Waals surface area contributed by atoms with Crippen molar-refractivity contribution in [3.8, 4) is 5.75 Å². The van der Waals surface area contributed by atoms with Crippen LogP contribution in [-0.4, -0.2) is 46.0 Å². The van der Waals surface area contributed by atoms with E-state index in [1.54, 1.807) is 24.3 Å². The molecule has 6 heteroatoms. The number of benzene rings is 1. The van der Waals surface area contributed by atoms with Gasteiger partial charge in [0.2, 0.25) is 0 Å². The van der Waals surface area contributed by atoms with E-state index in [1.807, 2.05) is 0 Å². The molecule has 0 aliphatic rings. The van der Waals surface area contributed by atoms with E-state index >= 15 is 0 Å². The summed E-state index contributed by atoms with van der Waals surface area (Å²) in [5.74, 6) is 0.331. The van der Waals surface area contributed by atoms with Gasteiger partial charge in [-0.25, -0.2) is 8.42 Å². The molecule has 0 aromatic heterocycles. The van der Waals surface area contributed by atoms with Crippen molar-refractivity contribution in [3.05, 3.63) is 29.8 Å². The van der Waals surface area contributed by atoms with Gasteiger partial charge < -0.3 is 9.47 Å². The number of Topliss-reactive ketones (excluding diaryl/α,β-unsaturated/α-hetero) is 1. The summed E-state index contributed by atoms with van der Waals surface area (Å²) in [6, 6.07) is 6.80. The zero-order valence-corrected chi connectivity index (χ0v) is 12.6. The number of hydrogen-bond donors (Lipinski definition) is 0. The number of rotatable bonds is 9. The third-order valence-corrected chi connectivity index (χ3v) is 4.42. The van der Waals surface area contributed by atoms with E-state index in [4.69, 9.17) is 9.47 Å². The van der Waals surface area contributed by atoms with Gasteiger partial charge in [-0.05, 0) is 25.5 Å². The zero-order chi connectivity index (χ0) is 15.0. The minimum absolute atomic E-state index is 0.0413. The van der Waals surface area contributed by atoms with Gasteiger partial charge in [0, 0.05) is 13.7 Å². The molecule has 0 bridgehead atoms. The molecule has 0 heterocycles. The van der Waals surface area contributed by atoms with E-state index in [0.29, 0.717) is 24.3 Å². The number of para-hydroxylation sites is 1. The predicted octanol–water partition coefficient (Wildman–Crippen LogP) is 1.72. The van der Waals surface area contributed by atoms with Crippen molar-refractivity contribution in [2.75, 3.05) is 31.8 Å². The molecule has 0 aliphatic heterocycles. The van der Waals surface area contributed by atoms with Gasteiger partial charge in [0.25, 0.3) is 0 Å². The number of methoxy groups -OCH3 is 1. The number of ketones is 1. The highest BCUT2D eigenvalue weighted by Crippen LogP contribution is 2.18. The van der Waals surface area contributed by atoms with Crippen LogP contribution in [0.2, 0.25) is 0 Å². The van der Waals surface area contributed by atoms with Crippen molar-refractivity contribution in [1.82, 2.24) is 0 Å². The van der Waals surface area contributed by atoms with Gasteiger partial charge in [-0.3, -0.25) is 4.79 Å². The first-order chi connectivity index (χ1) is 9.46. The SMILES string of the molecule is COCCCS(=O)(=O)CCOc1ccccc1C(C)=O. The molecule has 0 unspecified atom stereocenters. The first kappa shape index (κ1) is 16.7. The molecular formula is C14H20O5S. The Morgan fingerprint density at radius 2 is 1.85 bits per heavy atom. The maximum Gasteiger partial charge on any atom is 0.163 e. The van der Waals surface area contributed by atoms with Gasteiger partial charge in [-0.1, -0.05) is 12.1 Å². The van der Waals surface area contributed by atoms with Gasteiger partial charge in [-0.2, -0.15) is 0 Å². The molecule has 0 fully saturated rings. The van der Waals surface area contributed by atoms with Crippen LogP contribution in [0.5, 0.6) is 5.75 Å². The molecule has 0 radical (unpaired) electrons. The zero-order valence-electron chi connectivity index (χ0n) is 11.8. The molecule has 1 aromatic rings. The molecule has 1 aromatic carbocycles. The summed E-state index contributed by atoms with van der Waals surface area (Å²) in [4.78, 5) is 11.4. The van der Waals surface area contributed by atoms with Crippen LogP contribution in [0.3, 0.4) is 0 Å². The average Bonchev–Trinajstić information content (AvgIpc) is 2.39. The minimum Gasteiger partial charge on any atom is -0.492 e. The molecule has 0 spiro atoms. The third kappa shape index (κ3) is 5.71. The van der Waals surface area contributed by atoms with Crippen molar-refractivity contribution in [3.63, 3.8) is 0 Å². The van der Waals surface area contributed by atoms with Crippen molar-refractivity contribution in [1.29, 1.82) is 0 Å². The second-order valence-corrected chi connectivity index (χ2v) is 6.70. The summed E-state index contributed by atoms with van der Waals surface area (Å²) in [5, 5.41) is 0. The monoisotopic (exact) mass is 300 g/mol. The Morgan fingerprint density at radius 1 is 1.15 bits per heavy atom. The Balaban J connectivity index is 2.50. The van der Waals surface area contributed by atoms with Crippen LogP contribution in [0.1, 0.15) is 23.7 Å². The second-order valence-electron chi connectivity index (χ2n) is 4.40. The van der Waals surface area contributed by atoms with Gasteiger partial charge in [0.1, 0.15) is 12.4 Å². The smallest absolute Gasteiger partial charge is 0.163 e. The van der Waals surface area contributed by atoms with Crippen molar-refractivity contribution in [2.24, 2.45) is 0 Å². The summed E-state index contributed by atoms with van der Waals surface area (Å²) in [5.41, 5.74) is 0.462. The van der Waals surface area contributed by atoms with Gasteiger partial charge >= 0.3 is 0 Å². The van der Waals surface area contributed by atoms with Crippen LogP contribution in [-0.2, 0) is 14.6 Å². The number of ether oxygens (including phenoxy) is 2. The normalized spacial score (nSPS) is 11.3. The van der Waals surface area contributed by atoms with E-state index < -0.39 is 9.84 Å². The maximum absolute atomic E-state index is 11.7. The molecule has 0 atom stereocenters. The fraction of sp³-hybridized carbons (Fsp3) is 0.500. The van der Waals surface area contributed by atoms with Gasteiger partial charge in [0.15, 0.2) is 15.6 Å². The topological polar surface area (TPSA) is 69.7 Å². The van der Waals surface area contributed by atoms with Gasteiger partial charge in [-0.15, -0.1) is 0 Å². The Hall–Kier alpha value is -1.40. The molecule has 0 amide bonds. The predicted molar refractivity (Wildman–Crippen MR) is 77.1 cm³/mol. The molecule has 0 saturated carbocycles. The van der Waals surface area contributed by atoms with Crippen LogP contribution in [0.4, 0.5) is 0 Å². The lowest BCUT2D eigenvalue weighted by Gasteiger charge is -2.10. The van der Waals surface area contributed by atoms with Crippen LogP contribution >= 0.6 is 0 Å². The summed E-state index contributed by atoms with van der Waals surface area (Å²) in [6.45, 7) is 1.91. The van der Waals surface area contributed by atoms with E-state index in [0.717, 1.165) is 0 Å². The first-order valence-electron chi connectivity index (χ1n) is 6.38. The highest BCUT2D eigenvalue weighted by Gasteiger charge is 2.12. The molecular weight excluding hydrogens is 280 g/mol. The van der Waals surface area contributed by atoms with Crippen LogP contribution in [0, 0.1) is 0 Å². The van der Waals surface area contributed by atoms with Crippen molar-refractivity contribution < 1.29 is 22.7 Å². The lowest BCUT2D eigenvalue weighted by molar-refractivity contribution is 0.101. The van der Waals surface area contributed by atoms with Crippen molar-refractivity contribution in [2.45, 2.75) is 13.3 Å². The fourth-order valence-electron chi connectivity index (χ4n) is 1.69. The first-order valence-corrected chi connectivity index (χ1v) is 8.20. The highest BCUT2D eigenvalue weighted by atomic mass is 32.2. The van der Waals surface area contributed by atoms with Crippen molar-refractivity contribution >= 4 is 15.6 Å². The molecule has 112 valence electrons. The quantitative estimate of drug-likeness (QED) is 0.513. The largest absolute Gasteiger partial charge is 0.492 e. The standard InChI is InChI=1S/C14H20O5S/c1-12(15)13-6-3-4-7-14(13)19-9-11-20(16,17)10-5-8-18-2/h3-4,6-7H,5,8-11H2,1-2H3. The Kier molecular flexibility index (Phi) is 6.67. The van der Waals surface area contributed by atoms with E-state index in [2.05, 4.69) is 0 Å². The number of carbonyl (C=O) groups is 1. The lowest BCUT2D eigenvalue weighted by atomic mass is 10.1. The van der Waals surface area contributed by atoms with E-state index in [9.17, 15) is 13.2 Å². The molecule has 0 aliphatic carbocycles. The Labute approximate surface area is 119 Å². The summed E-state index contributed by atoms with van der Waals surface area (Å²) < 4.78 is 33.7. The highest BCUT2D eigenvalue weighted by molar-refractivity contribution is 7.91. The molecule has 20 heavy (non-hydrogen) atoms. The number of sulfone groups is 1. The summed E-state index contributed by atoms with van der Waals surface area (Å²) in [6.07, 6.45) is 0.475. The summed E-state index contributed by atoms with van der Waals surface area (Å²) >= 11 is 0. The Bertz CT molecular complexity index is 536. The average molecular weight is 300 g/mol. The van der Waals surface area contributed by atoms with Crippen LogP contribution in [0.25, 0.3) is 0 Å². The van der Waals surface area contributed by atoms with E-state index in [1.165, 1.54) is 14.0 Å². The fourth-order valence-corrected chi connectivity index (χ4v) is 2.79. The lowest BCUT2D eigenvalue weighted by Crippen LogP contribution is -2.18. The van der Waals surface area contributed by atoms with Crippen LogP contribution in [0.15, 0.2) is 24.3 Å². The van der Waals surface area contributed by atoms with Gasteiger partial charge in [0.05, 0.1) is 17.1 Å². The van der Waals surface area contributed by atoms with E-state index in [-0.39, 0.29) is 23.9 Å². The minimum atomic E-state index is -3.15. The third-order valence-electron chi connectivity index (χ3n) is 2.72. The van der Waals surface area contributed by atoms with Crippen LogP contribution < -0.4 is 4.74 Å². The number of carbonyl (C=O) groups excluding carboxylic acids is 1. The maximum atomic E-state index is 11.7. The molecule has 1 rings (SSSR count). The summed E-state index contributed by atoms with van der Waals surface area (Å²) in [7, 11) is -1.61. The Morgan fingerprint density at radius 3 is 2.50 bits per heavy atom. The number of hydrogen-bond acceptors (Lipinski definition) is 5. The molecule has 0 saturated heterocycles. The second kappa shape index (κ2) is 8.01.